The quantitative estimate of drug-likeness (QED) is 0.748. The Hall–Kier alpha value is -1.09. The van der Waals surface area contributed by atoms with Gasteiger partial charge < -0.3 is 9.47 Å². The second-order valence-corrected chi connectivity index (χ2v) is 4.97. The minimum Gasteiger partial charge on any atom is -0.350 e. The first-order chi connectivity index (χ1) is 8.18. The van der Waals surface area contributed by atoms with Gasteiger partial charge in [-0.15, -0.1) is 0 Å². The highest BCUT2D eigenvalue weighted by Crippen LogP contribution is 2.12. The van der Waals surface area contributed by atoms with Crippen molar-refractivity contribution in [1.82, 2.24) is 9.47 Å². The number of piperidine rings is 1. The largest absolute Gasteiger partial charge is 0.350 e. The summed E-state index contributed by atoms with van der Waals surface area (Å²) < 4.78 is 2.20. The third kappa shape index (κ3) is 2.97. The number of hydrogen-bond donors (Lipinski definition) is 0. The van der Waals surface area contributed by atoms with E-state index in [9.17, 15) is 4.79 Å². The van der Waals surface area contributed by atoms with E-state index < -0.39 is 0 Å². The van der Waals surface area contributed by atoms with Crippen LogP contribution in [0.2, 0.25) is 0 Å². The van der Waals surface area contributed by atoms with Gasteiger partial charge in [0.2, 0.25) is 0 Å². The third-order valence-electron chi connectivity index (χ3n) is 3.73. The molecule has 0 N–H and O–H groups in total. The third-order valence-corrected chi connectivity index (χ3v) is 3.73. The molecule has 0 spiro atoms. The van der Waals surface area contributed by atoms with Crippen molar-refractivity contribution in [3.8, 4) is 0 Å². The van der Waals surface area contributed by atoms with Gasteiger partial charge in [-0.25, -0.2) is 0 Å². The highest BCUT2D eigenvalue weighted by atomic mass is 16.1. The van der Waals surface area contributed by atoms with Crippen molar-refractivity contribution in [2.45, 2.75) is 39.7 Å². The molecule has 1 aliphatic rings. The Morgan fingerprint density at radius 1 is 1.24 bits per heavy atom. The molecule has 1 fully saturated rings. The Kier molecular flexibility index (Phi) is 4.00. The Bertz CT molecular complexity index is 389. The lowest BCUT2D eigenvalue weighted by Gasteiger charge is -2.26. The van der Waals surface area contributed by atoms with Gasteiger partial charge in [-0.3, -0.25) is 4.79 Å². The van der Waals surface area contributed by atoms with Crippen LogP contribution < -0.4 is 0 Å². The van der Waals surface area contributed by atoms with E-state index in [2.05, 4.69) is 9.47 Å². The average molecular weight is 234 g/mol. The number of likely N-dealkylation sites (tertiary alicyclic amines) is 1. The second-order valence-electron chi connectivity index (χ2n) is 4.97. The van der Waals surface area contributed by atoms with Gasteiger partial charge in [-0.1, -0.05) is 6.42 Å². The predicted octanol–water partition coefficient (Wildman–Crippen LogP) is 2.49. The van der Waals surface area contributed by atoms with Gasteiger partial charge in [0.05, 0.1) is 0 Å². The summed E-state index contributed by atoms with van der Waals surface area (Å²) in [5, 5.41) is 0. The predicted molar refractivity (Wildman–Crippen MR) is 69.5 cm³/mol. The Balaban J connectivity index is 1.92. The number of hydrogen-bond acceptors (Lipinski definition) is 2. The van der Waals surface area contributed by atoms with Crippen molar-refractivity contribution in [2.24, 2.45) is 0 Å². The highest BCUT2D eigenvalue weighted by molar-refractivity contribution is 5.95. The summed E-state index contributed by atoms with van der Waals surface area (Å²) in [6, 6.07) is 1.94. The van der Waals surface area contributed by atoms with Crippen LogP contribution in [0.1, 0.15) is 42.2 Å². The zero-order valence-electron chi connectivity index (χ0n) is 10.9. The fourth-order valence-corrected chi connectivity index (χ4v) is 2.60. The molecule has 1 aromatic rings. The van der Waals surface area contributed by atoms with Crippen molar-refractivity contribution in [1.29, 1.82) is 0 Å². The standard InChI is InChI=1S/C14H22N2O/c1-12-14(13(2)17)6-9-16(12)11-10-15-7-4-3-5-8-15/h6,9H,3-5,7-8,10-11H2,1-2H3. The molecule has 2 rings (SSSR count). The normalized spacial score (nSPS) is 17.3. The molecule has 2 heterocycles. The van der Waals surface area contributed by atoms with Gasteiger partial charge in [-0.05, 0) is 45.8 Å². The summed E-state index contributed by atoms with van der Waals surface area (Å²) in [7, 11) is 0. The Morgan fingerprint density at radius 3 is 2.53 bits per heavy atom. The fourth-order valence-electron chi connectivity index (χ4n) is 2.60. The van der Waals surface area contributed by atoms with E-state index in [0.29, 0.717) is 0 Å². The summed E-state index contributed by atoms with van der Waals surface area (Å²) in [5.41, 5.74) is 1.97. The lowest BCUT2D eigenvalue weighted by atomic mass is 10.1. The molecule has 3 nitrogen and oxygen atoms in total. The first-order valence-corrected chi connectivity index (χ1v) is 6.57. The molecule has 0 aliphatic carbocycles. The average Bonchev–Trinajstić information content (AvgIpc) is 2.69. The molecular weight excluding hydrogens is 212 g/mol. The highest BCUT2D eigenvalue weighted by Gasteiger charge is 2.12. The van der Waals surface area contributed by atoms with Crippen LogP contribution in [0.15, 0.2) is 12.3 Å². The molecule has 1 saturated heterocycles. The summed E-state index contributed by atoms with van der Waals surface area (Å²) >= 11 is 0. The molecule has 0 aromatic carbocycles. The molecule has 0 saturated carbocycles. The van der Waals surface area contributed by atoms with Crippen molar-refractivity contribution < 1.29 is 4.79 Å². The van der Waals surface area contributed by atoms with Gasteiger partial charge >= 0.3 is 0 Å². The molecule has 3 heteroatoms. The van der Waals surface area contributed by atoms with Crippen molar-refractivity contribution >= 4 is 5.78 Å². The van der Waals surface area contributed by atoms with Gasteiger partial charge in [0.1, 0.15) is 0 Å². The van der Waals surface area contributed by atoms with Crippen LogP contribution in [0.5, 0.6) is 0 Å². The molecule has 0 bridgehead atoms. The minimum absolute atomic E-state index is 0.166. The summed E-state index contributed by atoms with van der Waals surface area (Å²) in [5.74, 6) is 0.166. The van der Waals surface area contributed by atoms with Crippen LogP contribution >= 0.6 is 0 Å². The molecule has 0 amide bonds. The Labute approximate surface area is 103 Å². The van der Waals surface area contributed by atoms with E-state index in [1.54, 1.807) is 6.92 Å². The molecule has 1 aromatic heterocycles. The topological polar surface area (TPSA) is 25.2 Å². The summed E-state index contributed by atoms with van der Waals surface area (Å²) in [6.07, 6.45) is 6.09. The molecule has 1 aliphatic heterocycles. The van der Waals surface area contributed by atoms with E-state index in [0.717, 1.165) is 24.3 Å². The van der Waals surface area contributed by atoms with E-state index in [4.69, 9.17) is 0 Å². The molecule has 17 heavy (non-hydrogen) atoms. The van der Waals surface area contributed by atoms with Crippen LogP contribution in [0.4, 0.5) is 0 Å². The first-order valence-electron chi connectivity index (χ1n) is 6.57. The van der Waals surface area contributed by atoms with Crippen molar-refractivity contribution in [3.63, 3.8) is 0 Å². The van der Waals surface area contributed by atoms with Crippen LogP contribution in [0.3, 0.4) is 0 Å². The van der Waals surface area contributed by atoms with Gasteiger partial charge in [-0.2, -0.15) is 0 Å². The molecule has 0 unspecified atom stereocenters. The monoisotopic (exact) mass is 234 g/mol. The second kappa shape index (κ2) is 5.50. The van der Waals surface area contributed by atoms with E-state index in [1.807, 2.05) is 19.2 Å². The number of aromatic nitrogens is 1. The number of carbonyl (C=O) groups is 1. The van der Waals surface area contributed by atoms with E-state index in [-0.39, 0.29) is 5.78 Å². The number of carbonyl (C=O) groups excluding carboxylic acids is 1. The number of nitrogens with zero attached hydrogens (tertiary/aromatic N) is 2. The van der Waals surface area contributed by atoms with Gasteiger partial charge in [0.15, 0.2) is 5.78 Å². The SMILES string of the molecule is CC(=O)c1ccn(CCN2CCCCC2)c1C. The van der Waals surface area contributed by atoms with Gasteiger partial charge in [0, 0.05) is 30.5 Å². The molecule has 94 valence electrons. The fraction of sp³-hybridized carbons (Fsp3) is 0.643. The van der Waals surface area contributed by atoms with Crippen LogP contribution in [0.25, 0.3) is 0 Å². The van der Waals surface area contributed by atoms with E-state index >= 15 is 0 Å². The maximum atomic E-state index is 11.4. The number of ketones is 1. The number of Topliss-reactive ketones (excluding diaryl/α,β-unsaturated/α-hetero) is 1. The smallest absolute Gasteiger partial charge is 0.161 e. The summed E-state index contributed by atoms with van der Waals surface area (Å²) in [6.45, 7) is 8.25. The zero-order chi connectivity index (χ0) is 12.3. The lowest BCUT2D eigenvalue weighted by Crippen LogP contribution is -2.32. The Morgan fingerprint density at radius 2 is 1.94 bits per heavy atom. The van der Waals surface area contributed by atoms with Crippen molar-refractivity contribution in [3.05, 3.63) is 23.5 Å². The number of rotatable bonds is 4. The van der Waals surface area contributed by atoms with Crippen LogP contribution in [-0.4, -0.2) is 34.9 Å². The zero-order valence-corrected chi connectivity index (χ0v) is 10.9. The van der Waals surface area contributed by atoms with E-state index in [1.165, 1.54) is 32.4 Å². The van der Waals surface area contributed by atoms with Crippen LogP contribution in [-0.2, 0) is 6.54 Å². The molecule has 0 atom stereocenters. The van der Waals surface area contributed by atoms with Gasteiger partial charge in [0.25, 0.3) is 0 Å². The maximum Gasteiger partial charge on any atom is 0.161 e. The lowest BCUT2D eigenvalue weighted by molar-refractivity contribution is 0.101. The minimum atomic E-state index is 0.166. The summed E-state index contributed by atoms with van der Waals surface area (Å²) in [4.78, 5) is 13.9. The first kappa shape index (κ1) is 12.4. The molecule has 0 radical (unpaired) electrons. The van der Waals surface area contributed by atoms with Crippen LogP contribution in [0, 0.1) is 6.92 Å². The maximum absolute atomic E-state index is 11.4. The van der Waals surface area contributed by atoms with Crippen molar-refractivity contribution in [2.75, 3.05) is 19.6 Å². The molecular formula is C14H22N2O.